The van der Waals surface area contributed by atoms with Gasteiger partial charge in [0.05, 0.1) is 10.9 Å². The molecule has 1 aliphatic rings. The molecule has 0 radical (unpaired) electrons. The van der Waals surface area contributed by atoms with E-state index in [1.54, 1.807) is 18.2 Å². The number of benzene rings is 2. The maximum absolute atomic E-state index is 13.5. The number of carbonyl (C=O) groups is 2. The Morgan fingerprint density at radius 3 is 2.81 bits per heavy atom. The highest BCUT2D eigenvalue weighted by Crippen LogP contribution is 2.49. The third-order valence-electron chi connectivity index (χ3n) is 5.56. The Morgan fingerprint density at radius 2 is 2.10 bits per heavy atom. The number of rotatable bonds is 7. The molecule has 1 amide bonds. The Kier molecular flexibility index (Phi) is 5.92. The molecule has 0 bridgehead atoms. The van der Waals surface area contributed by atoms with E-state index >= 15 is 0 Å². The summed E-state index contributed by atoms with van der Waals surface area (Å²) in [7, 11) is 0. The lowest BCUT2D eigenvalue weighted by atomic mass is 10.1. The van der Waals surface area contributed by atoms with E-state index in [1.807, 2.05) is 38.1 Å². The number of nitrogens with zero attached hydrogens (tertiary/aromatic N) is 2. The van der Waals surface area contributed by atoms with Crippen molar-refractivity contribution in [2.24, 2.45) is 5.92 Å². The first-order valence-electron chi connectivity index (χ1n) is 10.4. The fraction of sp³-hybridized carbons (Fsp3) is 0.333. The number of amides is 1. The summed E-state index contributed by atoms with van der Waals surface area (Å²) in [5.74, 6) is 0.773. The molecular formula is C24H24ClN3O3. The van der Waals surface area contributed by atoms with Gasteiger partial charge in [0.25, 0.3) is 5.56 Å². The van der Waals surface area contributed by atoms with Crippen molar-refractivity contribution in [3.8, 4) is 11.4 Å². The molecular weight excluding hydrogens is 414 g/mol. The Labute approximate surface area is 185 Å². The summed E-state index contributed by atoms with van der Waals surface area (Å²) in [6.45, 7) is 3.60. The van der Waals surface area contributed by atoms with Gasteiger partial charge in [0, 0.05) is 23.0 Å². The lowest BCUT2D eigenvalue weighted by molar-refractivity contribution is -0.122. The average Bonchev–Trinajstić information content (AvgIpc) is 3.48. The third kappa shape index (κ3) is 4.54. The predicted octanol–water partition coefficient (Wildman–Crippen LogP) is 3.93. The van der Waals surface area contributed by atoms with E-state index in [4.69, 9.17) is 16.6 Å². The third-order valence-corrected chi connectivity index (χ3v) is 5.80. The molecule has 1 aromatic heterocycles. The molecule has 6 nitrogen and oxygen atoms in total. The summed E-state index contributed by atoms with van der Waals surface area (Å²) < 4.78 is 1.41. The quantitative estimate of drug-likeness (QED) is 0.568. The standard InChI is InChI=1S/C24H24ClN3O3/c1-14(2)26-22(30)13-28-23(17-4-3-5-18(25)10-17)27-21-7-6-15(12-20(21)24(28)31)19-11-16(19)8-9-29/h3-7,9-10,12,14,16,19H,8,11,13H2,1-2H3,(H,26,30). The molecule has 2 unspecified atom stereocenters. The lowest BCUT2D eigenvalue weighted by Crippen LogP contribution is -2.37. The van der Waals surface area contributed by atoms with E-state index < -0.39 is 0 Å². The second kappa shape index (κ2) is 8.63. The van der Waals surface area contributed by atoms with Crippen LogP contribution in [0.1, 0.15) is 38.2 Å². The van der Waals surface area contributed by atoms with E-state index in [9.17, 15) is 14.4 Å². The molecule has 1 aliphatic carbocycles. The number of nitrogens with one attached hydrogen (secondary N) is 1. The van der Waals surface area contributed by atoms with Crippen LogP contribution in [-0.2, 0) is 16.1 Å². The molecule has 7 heteroatoms. The number of aromatic nitrogens is 2. The zero-order chi connectivity index (χ0) is 22.1. The van der Waals surface area contributed by atoms with Crippen LogP contribution in [0.4, 0.5) is 0 Å². The fourth-order valence-electron chi connectivity index (χ4n) is 4.01. The fourth-order valence-corrected chi connectivity index (χ4v) is 4.21. The molecule has 1 fully saturated rings. The van der Waals surface area contributed by atoms with Gasteiger partial charge in [-0.1, -0.05) is 29.8 Å². The monoisotopic (exact) mass is 437 g/mol. The van der Waals surface area contributed by atoms with E-state index in [0.29, 0.717) is 45.6 Å². The average molecular weight is 438 g/mol. The number of halogens is 1. The minimum Gasteiger partial charge on any atom is -0.352 e. The van der Waals surface area contributed by atoms with Gasteiger partial charge < -0.3 is 10.1 Å². The number of fused-ring (bicyclic) bond motifs is 1. The Morgan fingerprint density at radius 1 is 1.29 bits per heavy atom. The normalized spacial score (nSPS) is 17.7. The minimum atomic E-state index is -0.270. The van der Waals surface area contributed by atoms with Crippen LogP contribution in [0.2, 0.25) is 5.02 Å². The first kappa shape index (κ1) is 21.2. The van der Waals surface area contributed by atoms with Crippen LogP contribution in [0.3, 0.4) is 0 Å². The Hall–Kier alpha value is -2.99. The second-order valence-corrected chi connectivity index (χ2v) is 8.78. The molecule has 3 aromatic rings. The minimum absolute atomic E-state index is 0.0394. The molecule has 2 atom stereocenters. The van der Waals surface area contributed by atoms with Crippen molar-refractivity contribution < 1.29 is 9.59 Å². The molecule has 160 valence electrons. The van der Waals surface area contributed by atoms with Crippen LogP contribution in [0.5, 0.6) is 0 Å². The number of carbonyl (C=O) groups excluding carboxylic acids is 2. The first-order valence-corrected chi connectivity index (χ1v) is 10.8. The molecule has 1 heterocycles. The van der Waals surface area contributed by atoms with Crippen LogP contribution in [0.25, 0.3) is 22.3 Å². The van der Waals surface area contributed by atoms with Crippen molar-refractivity contribution in [3.05, 3.63) is 63.4 Å². The van der Waals surface area contributed by atoms with E-state index in [2.05, 4.69) is 5.32 Å². The van der Waals surface area contributed by atoms with Gasteiger partial charge >= 0.3 is 0 Å². The van der Waals surface area contributed by atoms with Gasteiger partial charge in [-0.2, -0.15) is 0 Å². The van der Waals surface area contributed by atoms with Gasteiger partial charge in [-0.3, -0.25) is 14.2 Å². The molecule has 0 spiro atoms. The zero-order valence-corrected chi connectivity index (χ0v) is 18.2. The maximum atomic E-state index is 13.5. The van der Waals surface area contributed by atoms with Crippen molar-refractivity contribution in [1.29, 1.82) is 0 Å². The summed E-state index contributed by atoms with van der Waals surface area (Å²) in [6.07, 6.45) is 2.43. The summed E-state index contributed by atoms with van der Waals surface area (Å²) in [4.78, 5) is 41.5. The van der Waals surface area contributed by atoms with Crippen molar-refractivity contribution in [2.75, 3.05) is 0 Å². The summed E-state index contributed by atoms with van der Waals surface area (Å²) in [5.41, 5.74) is 2.00. The van der Waals surface area contributed by atoms with Crippen LogP contribution < -0.4 is 10.9 Å². The highest BCUT2D eigenvalue weighted by Gasteiger charge is 2.37. The summed E-state index contributed by atoms with van der Waals surface area (Å²) >= 11 is 6.16. The molecule has 1 saturated carbocycles. The predicted molar refractivity (Wildman–Crippen MR) is 121 cm³/mol. The number of hydrogen-bond acceptors (Lipinski definition) is 4. The topological polar surface area (TPSA) is 81.1 Å². The molecule has 4 rings (SSSR count). The maximum Gasteiger partial charge on any atom is 0.262 e. The summed E-state index contributed by atoms with van der Waals surface area (Å²) in [6, 6.07) is 12.7. The van der Waals surface area contributed by atoms with E-state index in [0.717, 1.165) is 18.3 Å². The molecule has 1 N–H and O–H groups in total. The van der Waals surface area contributed by atoms with Gasteiger partial charge in [0.1, 0.15) is 18.7 Å². The summed E-state index contributed by atoms with van der Waals surface area (Å²) in [5, 5.41) is 3.82. The van der Waals surface area contributed by atoms with E-state index in [-0.39, 0.29) is 24.1 Å². The SMILES string of the molecule is CC(C)NC(=O)Cn1c(-c2cccc(Cl)c2)nc2ccc(C3CC3CC=O)cc2c1=O. The zero-order valence-electron chi connectivity index (χ0n) is 17.5. The second-order valence-electron chi connectivity index (χ2n) is 8.34. The molecule has 0 aliphatic heterocycles. The highest BCUT2D eigenvalue weighted by molar-refractivity contribution is 6.30. The smallest absolute Gasteiger partial charge is 0.262 e. The first-order chi connectivity index (χ1) is 14.9. The highest BCUT2D eigenvalue weighted by atomic mass is 35.5. The number of aldehydes is 1. The lowest BCUT2D eigenvalue weighted by Gasteiger charge is -2.15. The van der Waals surface area contributed by atoms with Crippen LogP contribution in [0.15, 0.2) is 47.3 Å². The molecule has 31 heavy (non-hydrogen) atoms. The van der Waals surface area contributed by atoms with Gasteiger partial charge in [0.15, 0.2) is 0 Å². The van der Waals surface area contributed by atoms with Crippen molar-refractivity contribution >= 4 is 34.7 Å². The molecule has 2 aromatic carbocycles. The van der Waals surface area contributed by atoms with Crippen LogP contribution in [0, 0.1) is 5.92 Å². The van der Waals surface area contributed by atoms with Gasteiger partial charge in [-0.25, -0.2) is 4.98 Å². The van der Waals surface area contributed by atoms with Gasteiger partial charge in [0.2, 0.25) is 5.91 Å². The Balaban J connectivity index is 1.83. The Bertz CT molecular complexity index is 1220. The van der Waals surface area contributed by atoms with Crippen LogP contribution in [-0.4, -0.2) is 27.8 Å². The van der Waals surface area contributed by atoms with Gasteiger partial charge in [-0.05, 0) is 61.9 Å². The molecule has 0 saturated heterocycles. The van der Waals surface area contributed by atoms with Crippen LogP contribution >= 0.6 is 11.6 Å². The van der Waals surface area contributed by atoms with E-state index in [1.165, 1.54) is 4.57 Å². The largest absolute Gasteiger partial charge is 0.352 e. The van der Waals surface area contributed by atoms with Crippen molar-refractivity contribution in [2.45, 2.75) is 45.2 Å². The van der Waals surface area contributed by atoms with Crippen molar-refractivity contribution in [3.63, 3.8) is 0 Å². The van der Waals surface area contributed by atoms with Gasteiger partial charge in [-0.15, -0.1) is 0 Å². The number of hydrogen-bond donors (Lipinski definition) is 1. The van der Waals surface area contributed by atoms with Crippen molar-refractivity contribution in [1.82, 2.24) is 14.9 Å².